The van der Waals surface area contributed by atoms with Crippen molar-refractivity contribution >= 4 is 35.1 Å². The molecule has 8 aromatic rings. The van der Waals surface area contributed by atoms with E-state index < -0.39 is 14.1 Å². The van der Waals surface area contributed by atoms with Gasteiger partial charge < -0.3 is 14.5 Å². The maximum Gasteiger partial charge on any atom is 0.0799 e. The van der Waals surface area contributed by atoms with Crippen molar-refractivity contribution in [1.29, 1.82) is 0 Å². The van der Waals surface area contributed by atoms with Gasteiger partial charge in [0.05, 0.1) is 14.9 Å². The molecule has 265 valence electrons. The zero-order chi connectivity index (χ0) is 39.8. The van der Waals surface area contributed by atoms with Crippen molar-refractivity contribution in [3.63, 3.8) is 0 Å². The SMILES string of the molecule is C[Si](C)(C)c1cnc(-c2[c-]cccc2)cc1C1CCCC1.[2H]c1c([2H])c([2H])c(-n2c3c[c-]c(-c4cc(-c5ccccc5)ccn4)cc3c3ccccc32)c([2H])c1[2H].[Ir]. The molecular weight excluding hydrogens is 839 g/mol. The fourth-order valence-corrected chi connectivity index (χ4v) is 9.01. The van der Waals surface area contributed by atoms with E-state index in [4.69, 9.17) is 11.8 Å². The van der Waals surface area contributed by atoms with Crippen LogP contribution >= 0.6 is 0 Å². The van der Waals surface area contributed by atoms with Crippen LogP contribution in [0.2, 0.25) is 19.6 Å². The first kappa shape index (κ1) is 30.5. The Labute approximate surface area is 335 Å². The monoisotopic (exact) mass is 887 g/mol. The molecule has 3 aromatic heterocycles. The van der Waals surface area contributed by atoms with Gasteiger partial charge in [-0.05, 0) is 81.6 Å². The molecule has 1 radical (unpaired) electrons. The Kier molecular flexibility index (Phi) is 9.20. The van der Waals surface area contributed by atoms with Crippen molar-refractivity contribution in [2.45, 2.75) is 51.2 Å². The van der Waals surface area contributed by atoms with Gasteiger partial charge in [-0.2, -0.15) is 0 Å². The van der Waals surface area contributed by atoms with Gasteiger partial charge in [-0.3, -0.25) is 0 Å². The normalized spacial score (nSPS) is 14.4. The molecule has 3 nitrogen and oxygen atoms in total. The number of hydrogen-bond acceptors (Lipinski definition) is 2. The standard InChI is InChI=1S/C29H19N2.C19H24NSi.Ir/c1-3-9-21(10-4-1)22-17-18-30-27(20-22)23-15-16-29-26(19-23)25-13-7-8-14-28(25)31(29)24-11-5-2-6-12-24;1-21(2,3)19-14-20-18(16-11-5-4-6-12-16)13-17(19)15-9-7-8-10-15;/h1-14,16-20H;4-6,11,13-15H,7-10H2,1-3H3;/q2*-1;/i2D,5D,6D,11D,12D;;. The largest absolute Gasteiger partial charge is 0.351 e. The van der Waals surface area contributed by atoms with Gasteiger partial charge in [-0.25, -0.2) is 0 Å². The van der Waals surface area contributed by atoms with Crippen molar-refractivity contribution in [3.05, 3.63) is 169 Å². The van der Waals surface area contributed by atoms with Gasteiger partial charge in [0.1, 0.15) is 0 Å². The summed E-state index contributed by atoms with van der Waals surface area (Å²) in [5, 5.41) is 3.35. The van der Waals surface area contributed by atoms with Crippen molar-refractivity contribution in [2.75, 3.05) is 0 Å². The van der Waals surface area contributed by atoms with Gasteiger partial charge in [-0.15, -0.1) is 59.7 Å². The number of para-hydroxylation sites is 2. The molecular formula is C48H43IrN3Si-2. The van der Waals surface area contributed by atoms with Crippen LogP contribution in [-0.4, -0.2) is 22.6 Å². The summed E-state index contributed by atoms with van der Waals surface area (Å²) in [6.07, 6.45) is 9.40. The van der Waals surface area contributed by atoms with Gasteiger partial charge in [0.25, 0.3) is 0 Å². The van der Waals surface area contributed by atoms with Crippen molar-refractivity contribution in [2.24, 2.45) is 0 Å². The van der Waals surface area contributed by atoms with Crippen molar-refractivity contribution in [3.8, 4) is 39.3 Å². The van der Waals surface area contributed by atoms with E-state index in [1.54, 1.807) is 21.5 Å². The number of nitrogens with zero attached hydrogens (tertiary/aromatic N) is 3. The van der Waals surface area contributed by atoms with Gasteiger partial charge in [0, 0.05) is 43.7 Å². The number of aromatic nitrogens is 3. The number of hydrogen-bond donors (Lipinski definition) is 0. The molecule has 1 fully saturated rings. The van der Waals surface area contributed by atoms with E-state index in [0.717, 1.165) is 55.8 Å². The summed E-state index contributed by atoms with van der Waals surface area (Å²) in [6, 6.07) is 41.1. The van der Waals surface area contributed by atoms with Crippen LogP contribution in [0.25, 0.3) is 61.1 Å². The zero-order valence-electron chi connectivity index (χ0n) is 35.1. The van der Waals surface area contributed by atoms with E-state index in [-0.39, 0.29) is 50.0 Å². The summed E-state index contributed by atoms with van der Waals surface area (Å²) in [7, 11) is -1.34. The minimum absolute atomic E-state index is 0. The number of fused-ring (bicyclic) bond motifs is 3. The second-order valence-corrected chi connectivity index (χ2v) is 19.5. The summed E-state index contributed by atoms with van der Waals surface area (Å²) in [5.74, 6) is 0.747. The Morgan fingerprint density at radius 3 is 2.19 bits per heavy atom. The molecule has 0 atom stereocenters. The van der Waals surface area contributed by atoms with Gasteiger partial charge in [0.15, 0.2) is 0 Å². The van der Waals surface area contributed by atoms with Crippen LogP contribution in [0.15, 0.2) is 152 Å². The minimum atomic E-state index is -1.34. The van der Waals surface area contributed by atoms with Crippen molar-refractivity contribution < 1.29 is 27.0 Å². The first-order valence-corrected chi connectivity index (χ1v) is 21.5. The van der Waals surface area contributed by atoms with Crippen LogP contribution < -0.4 is 5.19 Å². The van der Waals surface area contributed by atoms with Crippen LogP contribution in [0.3, 0.4) is 0 Å². The van der Waals surface area contributed by atoms with Crippen LogP contribution in [0.4, 0.5) is 0 Å². The van der Waals surface area contributed by atoms with Gasteiger partial charge >= 0.3 is 0 Å². The van der Waals surface area contributed by atoms with E-state index >= 15 is 0 Å². The van der Waals surface area contributed by atoms with E-state index in [0.29, 0.717) is 5.52 Å². The average Bonchev–Trinajstić information content (AvgIpc) is 3.90. The van der Waals surface area contributed by atoms with Gasteiger partial charge in [-0.1, -0.05) is 122 Å². The Morgan fingerprint density at radius 2 is 1.43 bits per heavy atom. The first-order valence-electron chi connectivity index (χ1n) is 20.5. The summed E-state index contributed by atoms with van der Waals surface area (Å²) in [5.41, 5.74) is 9.09. The molecule has 3 heterocycles. The topological polar surface area (TPSA) is 30.7 Å². The number of rotatable bonds is 6. The Balaban J connectivity index is 0.000000199. The Bertz CT molecular complexity index is 2720. The van der Waals surface area contributed by atoms with Crippen LogP contribution in [0, 0.1) is 12.1 Å². The van der Waals surface area contributed by atoms with E-state index in [2.05, 4.69) is 73.3 Å². The van der Waals surface area contributed by atoms with E-state index in [1.165, 1.54) is 25.7 Å². The maximum atomic E-state index is 8.53. The average molecular weight is 887 g/mol. The fraction of sp³-hybridized carbons (Fsp3) is 0.167. The Hall–Kier alpha value is -4.93. The van der Waals surface area contributed by atoms with E-state index in [9.17, 15) is 0 Å². The molecule has 1 aliphatic rings. The second kappa shape index (κ2) is 16.0. The summed E-state index contributed by atoms with van der Waals surface area (Å²) < 4.78 is 43.1. The third-order valence-corrected chi connectivity index (χ3v) is 12.0. The smallest absolute Gasteiger partial charge is 0.0799 e. The molecule has 9 rings (SSSR count). The van der Waals surface area contributed by atoms with Gasteiger partial charge in [0.2, 0.25) is 0 Å². The molecule has 0 spiro atoms. The predicted molar refractivity (Wildman–Crippen MR) is 221 cm³/mol. The predicted octanol–water partition coefficient (Wildman–Crippen LogP) is 12.1. The molecule has 0 aliphatic heterocycles. The van der Waals surface area contributed by atoms with Crippen LogP contribution in [0.5, 0.6) is 0 Å². The third kappa shape index (κ3) is 7.75. The Morgan fingerprint density at radius 1 is 0.698 bits per heavy atom. The minimum Gasteiger partial charge on any atom is -0.351 e. The molecule has 0 N–H and O–H groups in total. The molecule has 5 aromatic carbocycles. The maximum absolute atomic E-state index is 8.53. The first-order chi connectivity index (χ1) is 27.5. The molecule has 1 saturated carbocycles. The molecule has 0 bridgehead atoms. The molecule has 0 unspecified atom stereocenters. The van der Waals surface area contributed by atoms with Crippen molar-refractivity contribution in [1.82, 2.24) is 14.5 Å². The third-order valence-electron chi connectivity index (χ3n) is 9.98. The molecule has 5 heteroatoms. The zero-order valence-corrected chi connectivity index (χ0v) is 33.5. The molecule has 0 amide bonds. The van der Waals surface area contributed by atoms with Crippen LogP contribution in [0.1, 0.15) is 44.0 Å². The molecule has 53 heavy (non-hydrogen) atoms. The number of benzene rings is 5. The fourth-order valence-electron chi connectivity index (χ4n) is 7.41. The number of pyridine rings is 2. The quantitative estimate of drug-likeness (QED) is 0.123. The summed E-state index contributed by atoms with van der Waals surface area (Å²) in [4.78, 5) is 9.33. The van der Waals surface area contributed by atoms with Crippen LogP contribution in [-0.2, 0) is 20.1 Å². The molecule has 1 aliphatic carbocycles. The summed E-state index contributed by atoms with van der Waals surface area (Å²) >= 11 is 0. The van der Waals surface area contributed by atoms with E-state index in [1.807, 2.05) is 78.9 Å². The summed E-state index contributed by atoms with van der Waals surface area (Å²) in [6.45, 7) is 7.28. The second-order valence-electron chi connectivity index (χ2n) is 14.4. The molecule has 0 saturated heterocycles.